The van der Waals surface area contributed by atoms with Gasteiger partial charge < -0.3 is 5.32 Å². The quantitative estimate of drug-likeness (QED) is 0.602. The Morgan fingerprint density at radius 2 is 2.04 bits per heavy atom. The van der Waals surface area contributed by atoms with Gasteiger partial charge in [-0.25, -0.2) is 4.98 Å². The summed E-state index contributed by atoms with van der Waals surface area (Å²) in [6, 6.07) is 7.01. The minimum absolute atomic E-state index is 0.0841. The van der Waals surface area contributed by atoms with Crippen molar-refractivity contribution >= 4 is 50.2 Å². The highest BCUT2D eigenvalue weighted by Gasteiger charge is 2.09. The molecule has 0 aliphatic carbocycles. The van der Waals surface area contributed by atoms with E-state index in [1.165, 1.54) is 22.2 Å². The van der Waals surface area contributed by atoms with Crippen molar-refractivity contribution in [3.05, 3.63) is 51.9 Å². The van der Waals surface area contributed by atoms with Gasteiger partial charge in [-0.1, -0.05) is 0 Å². The molecule has 0 aliphatic heterocycles. The molecular formula is C15H11N5O2S2. The van der Waals surface area contributed by atoms with Gasteiger partial charge in [0, 0.05) is 18.7 Å². The Bertz CT molecular complexity index is 1100. The molecule has 0 aliphatic rings. The first-order valence-corrected chi connectivity index (χ1v) is 8.76. The van der Waals surface area contributed by atoms with E-state index in [0.717, 1.165) is 17.2 Å². The number of aromatic nitrogens is 4. The highest BCUT2D eigenvalue weighted by atomic mass is 32.1. The maximum Gasteiger partial charge on any atom is 0.271 e. The maximum absolute atomic E-state index is 12.3. The van der Waals surface area contributed by atoms with Crippen LogP contribution in [0.15, 0.2) is 40.8 Å². The highest BCUT2D eigenvalue weighted by molar-refractivity contribution is 7.17. The summed E-state index contributed by atoms with van der Waals surface area (Å²) in [5, 5.41) is 4.65. The maximum atomic E-state index is 12.3. The van der Waals surface area contributed by atoms with Gasteiger partial charge in [0.05, 0.1) is 23.6 Å². The number of amides is 1. The summed E-state index contributed by atoms with van der Waals surface area (Å²) in [7, 11) is 0. The molecule has 0 spiro atoms. The molecule has 0 unspecified atom stereocenters. The average molecular weight is 357 g/mol. The monoisotopic (exact) mass is 357 g/mol. The van der Waals surface area contributed by atoms with E-state index in [1.54, 1.807) is 18.2 Å². The lowest BCUT2D eigenvalue weighted by atomic mass is 10.2. The van der Waals surface area contributed by atoms with Crippen LogP contribution in [0.25, 0.3) is 21.3 Å². The van der Waals surface area contributed by atoms with E-state index in [1.807, 2.05) is 11.4 Å². The number of nitrogens with one attached hydrogen (secondary N) is 1. The predicted octanol–water partition coefficient (Wildman–Crippen LogP) is 1.89. The molecule has 3 heterocycles. The van der Waals surface area contributed by atoms with Crippen LogP contribution in [-0.4, -0.2) is 30.8 Å². The lowest BCUT2D eigenvalue weighted by Crippen LogP contribution is -2.30. The van der Waals surface area contributed by atoms with Crippen molar-refractivity contribution in [2.24, 2.45) is 0 Å². The largest absolute Gasteiger partial charge is 0.350 e. The van der Waals surface area contributed by atoms with Crippen molar-refractivity contribution in [2.45, 2.75) is 6.54 Å². The predicted molar refractivity (Wildman–Crippen MR) is 93.6 cm³/mol. The normalized spacial score (nSPS) is 11.2. The van der Waals surface area contributed by atoms with Crippen LogP contribution in [0.1, 0.15) is 10.4 Å². The summed E-state index contributed by atoms with van der Waals surface area (Å²) in [6.45, 7) is 0.705. The van der Waals surface area contributed by atoms with Gasteiger partial charge in [0.1, 0.15) is 15.7 Å². The van der Waals surface area contributed by atoms with Crippen LogP contribution in [-0.2, 0) is 6.54 Å². The van der Waals surface area contributed by atoms with E-state index in [4.69, 9.17) is 0 Å². The first kappa shape index (κ1) is 14.9. The van der Waals surface area contributed by atoms with E-state index in [-0.39, 0.29) is 11.5 Å². The molecule has 7 nitrogen and oxygen atoms in total. The van der Waals surface area contributed by atoms with Crippen molar-refractivity contribution in [3.8, 4) is 0 Å². The van der Waals surface area contributed by atoms with Crippen LogP contribution in [0.2, 0.25) is 0 Å². The molecule has 0 fully saturated rings. The molecule has 3 aromatic heterocycles. The van der Waals surface area contributed by atoms with Crippen molar-refractivity contribution in [1.29, 1.82) is 0 Å². The summed E-state index contributed by atoms with van der Waals surface area (Å²) in [4.78, 5) is 28.7. The number of carbonyl (C=O) groups is 1. The van der Waals surface area contributed by atoms with Crippen molar-refractivity contribution in [2.75, 3.05) is 6.54 Å². The van der Waals surface area contributed by atoms with Gasteiger partial charge in [0.2, 0.25) is 0 Å². The Hall–Kier alpha value is -2.65. The van der Waals surface area contributed by atoms with Gasteiger partial charge in [-0.15, -0.1) is 11.3 Å². The third kappa shape index (κ3) is 2.68. The van der Waals surface area contributed by atoms with Crippen LogP contribution in [0.4, 0.5) is 0 Å². The summed E-state index contributed by atoms with van der Waals surface area (Å²) >= 11 is 2.49. The second-order valence-corrected chi connectivity index (χ2v) is 6.55. The summed E-state index contributed by atoms with van der Waals surface area (Å²) in [6.07, 6.45) is 1.51. The number of fused-ring (bicyclic) bond motifs is 2. The zero-order valence-corrected chi connectivity index (χ0v) is 13.9. The third-order valence-electron chi connectivity index (χ3n) is 3.59. The van der Waals surface area contributed by atoms with Gasteiger partial charge in [-0.3, -0.25) is 14.2 Å². The molecule has 0 bridgehead atoms. The summed E-state index contributed by atoms with van der Waals surface area (Å²) < 4.78 is 10.4. The molecular weight excluding hydrogens is 346 g/mol. The smallest absolute Gasteiger partial charge is 0.271 e. The van der Waals surface area contributed by atoms with Crippen LogP contribution >= 0.6 is 23.1 Å². The highest BCUT2D eigenvalue weighted by Crippen LogP contribution is 2.14. The molecule has 0 atom stereocenters. The molecule has 9 heteroatoms. The van der Waals surface area contributed by atoms with Gasteiger partial charge in [0.25, 0.3) is 11.5 Å². The molecule has 0 saturated carbocycles. The van der Waals surface area contributed by atoms with Gasteiger partial charge >= 0.3 is 0 Å². The Morgan fingerprint density at radius 3 is 2.96 bits per heavy atom. The van der Waals surface area contributed by atoms with E-state index in [2.05, 4.69) is 19.0 Å². The average Bonchev–Trinajstić information content (AvgIpc) is 3.24. The number of benzene rings is 1. The minimum atomic E-state index is -0.205. The van der Waals surface area contributed by atoms with Gasteiger partial charge in [-0.05, 0) is 29.6 Å². The molecule has 4 rings (SSSR count). The molecule has 4 aromatic rings. The van der Waals surface area contributed by atoms with Gasteiger partial charge in [0.15, 0.2) is 0 Å². The minimum Gasteiger partial charge on any atom is -0.350 e. The Kier molecular flexibility index (Phi) is 3.79. The van der Waals surface area contributed by atoms with Crippen LogP contribution in [0.3, 0.4) is 0 Å². The Balaban J connectivity index is 1.45. The van der Waals surface area contributed by atoms with E-state index >= 15 is 0 Å². The third-order valence-corrected chi connectivity index (χ3v) is 5.04. The SMILES string of the molecule is O=C(NCCn1cnc2ccsc2c1=O)c1ccc2nsnc2c1. The van der Waals surface area contributed by atoms with Crippen LogP contribution in [0.5, 0.6) is 0 Å². The summed E-state index contributed by atoms with van der Waals surface area (Å²) in [5.74, 6) is -0.205. The second kappa shape index (κ2) is 6.10. The topological polar surface area (TPSA) is 89.8 Å². The molecule has 0 saturated heterocycles. The first-order chi connectivity index (χ1) is 11.7. The first-order valence-electron chi connectivity index (χ1n) is 7.15. The lowest BCUT2D eigenvalue weighted by Gasteiger charge is -2.07. The molecule has 0 radical (unpaired) electrons. The molecule has 120 valence electrons. The number of hydrogen-bond acceptors (Lipinski definition) is 7. The zero-order valence-electron chi connectivity index (χ0n) is 12.3. The standard InChI is InChI=1S/C15H11N5O2S2/c21-14(9-1-2-10-12(7-9)19-24-18-10)16-4-5-20-8-17-11-3-6-23-13(11)15(20)22/h1-3,6-8H,4-5H2,(H,16,21). The number of carbonyl (C=O) groups excluding carboxylic acids is 1. The fourth-order valence-corrected chi connectivity index (χ4v) is 3.66. The van der Waals surface area contributed by atoms with E-state index in [9.17, 15) is 9.59 Å². The number of nitrogens with zero attached hydrogens (tertiary/aromatic N) is 4. The Morgan fingerprint density at radius 1 is 1.17 bits per heavy atom. The number of hydrogen-bond donors (Lipinski definition) is 1. The fraction of sp³-hybridized carbons (Fsp3) is 0.133. The van der Waals surface area contributed by atoms with Crippen LogP contribution in [0, 0.1) is 0 Å². The molecule has 1 N–H and O–H groups in total. The summed E-state index contributed by atoms with van der Waals surface area (Å²) in [5.41, 5.74) is 2.62. The second-order valence-electron chi connectivity index (χ2n) is 5.10. The van der Waals surface area contributed by atoms with Gasteiger partial charge in [-0.2, -0.15) is 8.75 Å². The van der Waals surface area contributed by atoms with Crippen LogP contribution < -0.4 is 10.9 Å². The number of thiophene rings is 1. The molecule has 1 aromatic carbocycles. The number of rotatable bonds is 4. The van der Waals surface area contributed by atoms with E-state index in [0.29, 0.717) is 34.4 Å². The zero-order chi connectivity index (χ0) is 16.5. The van der Waals surface area contributed by atoms with Crippen molar-refractivity contribution < 1.29 is 4.79 Å². The Labute approximate surface area is 143 Å². The van der Waals surface area contributed by atoms with Crippen molar-refractivity contribution in [1.82, 2.24) is 23.6 Å². The molecule has 24 heavy (non-hydrogen) atoms. The van der Waals surface area contributed by atoms with Crippen molar-refractivity contribution in [3.63, 3.8) is 0 Å². The lowest BCUT2D eigenvalue weighted by molar-refractivity contribution is 0.0952. The van der Waals surface area contributed by atoms with E-state index < -0.39 is 0 Å². The molecule has 1 amide bonds. The fourth-order valence-electron chi connectivity index (χ4n) is 2.35.